The van der Waals surface area contributed by atoms with Gasteiger partial charge in [0.05, 0.1) is 26.4 Å². The molecule has 0 aromatic rings. The number of unbranched alkanes of at least 4 members (excludes halogenated alkanes) is 31. The molecule has 0 fully saturated rings. The van der Waals surface area contributed by atoms with Gasteiger partial charge in [-0.2, -0.15) is 0 Å². The summed E-state index contributed by atoms with van der Waals surface area (Å²) in [6.45, 7) is 9.41. The van der Waals surface area contributed by atoms with E-state index >= 15 is 0 Å². The molecule has 3 unspecified atom stereocenters. The van der Waals surface area contributed by atoms with E-state index in [1.807, 2.05) is 0 Å². The van der Waals surface area contributed by atoms with Crippen molar-refractivity contribution in [3.63, 3.8) is 0 Å². The fourth-order valence-corrected chi connectivity index (χ4v) is 10.9. The zero-order valence-corrected chi connectivity index (χ0v) is 54.6. The zero-order chi connectivity index (χ0) is 60.8. The predicted molar refractivity (Wildman–Crippen MR) is 326 cm³/mol. The van der Waals surface area contributed by atoms with Crippen LogP contribution in [0, 0.1) is 11.8 Å². The minimum atomic E-state index is -4.94. The molecule has 0 rings (SSSR count). The monoisotopic (exact) mass is 1210 g/mol. The van der Waals surface area contributed by atoms with Gasteiger partial charge in [-0.15, -0.1) is 0 Å². The highest BCUT2D eigenvalue weighted by Crippen LogP contribution is 2.45. The number of hydrogen-bond acceptors (Lipinski definition) is 15. The molecule has 6 atom stereocenters. The lowest BCUT2D eigenvalue weighted by Crippen LogP contribution is -2.30. The third-order valence-corrected chi connectivity index (χ3v) is 16.7. The molecule has 19 heteroatoms. The summed E-state index contributed by atoms with van der Waals surface area (Å²) >= 11 is 0. The van der Waals surface area contributed by atoms with E-state index in [1.54, 1.807) is 0 Å². The Morgan fingerprint density at radius 3 is 0.927 bits per heavy atom. The average molecular weight is 1210 g/mol. The summed E-state index contributed by atoms with van der Waals surface area (Å²) in [5, 5.41) is 10.5. The van der Waals surface area contributed by atoms with Crippen LogP contribution in [-0.4, -0.2) is 96.7 Å². The van der Waals surface area contributed by atoms with Crippen molar-refractivity contribution in [2.24, 2.45) is 11.8 Å². The highest BCUT2D eigenvalue weighted by molar-refractivity contribution is 7.47. The normalized spacial score (nSPS) is 14.7. The number of aliphatic hydroxyl groups is 1. The summed E-state index contributed by atoms with van der Waals surface area (Å²) < 4.78 is 67.8. The lowest BCUT2D eigenvalue weighted by molar-refractivity contribution is -0.161. The van der Waals surface area contributed by atoms with Crippen molar-refractivity contribution in [2.45, 2.75) is 330 Å². The van der Waals surface area contributed by atoms with Crippen LogP contribution in [-0.2, 0) is 65.4 Å². The molecule has 0 spiro atoms. The smallest absolute Gasteiger partial charge is 0.462 e. The van der Waals surface area contributed by atoms with Gasteiger partial charge in [-0.25, -0.2) is 9.13 Å². The van der Waals surface area contributed by atoms with Crippen LogP contribution in [0.2, 0.25) is 0 Å². The van der Waals surface area contributed by atoms with E-state index in [0.29, 0.717) is 25.7 Å². The predicted octanol–water partition coefficient (Wildman–Crippen LogP) is 17.3. The highest BCUT2D eigenvalue weighted by atomic mass is 31.2. The van der Waals surface area contributed by atoms with Crippen molar-refractivity contribution in [2.75, 3.05) is 39.6 Å². The molecule has 0 aliphatic rings. The van der Waals surface area contributed by atoms with Gasteiger partial charge in [0.15, 0.2) is 12.2 Å². The molecule has 0 amide bonds. The van der Waals surface area contributed by atoms with Crippen LogP contribution in [0.4, 0.5) is 0 Å². The largest absolute Gasteiger partial charge is 0.472 e. The van der Waals surface area contributed by atoms with Crippen LogP contribution in [0.1, 0.15) is 311 Å². The zero-order valence-electron chi connectivity index (χ0n) is 52.8. The van der Waals surface area contributed by atoms with E-state index in [0.717, 1.165) is 121 Å². The summed E-state index contributed by atoms with van der Waals surface area (Å²) in [7, 11) is -9.88. The lowest BCUT2D eigenvalue weighted by atomic mass is 10.00. The van der Waals surface area contributed by atoms with Crippen molar-refractivity contribution in [1.82, 2.24) is 0 Å². The molecule has 0 aromatic heterocycles. The summed E-state index contributed by atoms with van der Waals surface area (Å²) in [4.78, 5) is 72.0. The van der Waals surface area contributed by atoms with Gasteiger partial charge in [-0.3, -0.25) is 37.3 Å². The fraction of sp³-hybridized carbons (Fsp3) is 0.937. The number of ether oxygens (including phenoxy) is 4. The van der Waals surface area contributed by atoms with Crippen LogP contribution in [0.25, 0.3) is 0 Å². The molecule has 82 heavy (non-hydrogen) atoms. The molecule has 17 nitrogen and oxygen atoms in total. The molecular weight excluding hydrogens is 1090 g/mol. The van der Waals surface area contributed by atoms with Crippen LogP contribution in [0.5, 0.6) is 0 Å². The minimum Gasteiger partial charge on any atom is -0.462 e. The van der Waals surface area contributed by atoms with Crippen LogP contribution >= 0.6 is 15.6 Å². The quantitative estimate of drug-likeness (QED) is 0.0222. The molecule has 3 N–H and O–H groups in total. The number of rotatable bonds is 62. The Bertz CT molecular complexity index is 1620. The first-order valence-electron chi connectivity index (χ1n) is 33.0. The van der Waals surface area contributed by atoms with Gasteiger partial charge in [0.2, 0.25) is 0 Å². The second kappa shape index (κ2) is 55.6. The van der Waals surface area contributed by atoms with Crippen molar-refractivity contribution < 1.29 is 80.2 Å². The SMILES string of the molecule is CCCCCCCCCCCC(=O)O[C@H](COC(=O)CCCCCCCCC)COP(=O)(O)OC[C@H](O)COP(=O)(O)OC[C@@H](COC(=O)CCCCCCCCC(C)CC)OC(=O)CCCCCCCCCCCCCCCC(C)C. The Labute approximate surface area is 498 Å². The van der Waals surface area contributed by atoms with Crippen LogP contribution < -0.4 is 0 Å². The molecule has 0 saturated heterocycles. The Morgan fingerprint density at radius 1 is 0.354 bits per heavy atom. The first kappa shape index (κ1) is 80.1. The molecule has 0 heterocycles. The van der Waals surface area contributed by atoms with Gasteiger partial charge in [0.25, 0.3) is 0 Å². The standard InChI is InChI=1S/C63H122O17P2/c1-7-10-12-14-16-22-27-35-41-47-62(67)79-58(51-73-60(65)45-39-33-25-15-13-11-8-2)53-77-81(69,70)75-49-57(64)50-76-82(71,72)78-54-59(52-74-61(66)46-40-34-30-29-32-38-44-56(6)9-3)80-63(68)48-42-36-28-24-21-19-17-18-20-23-26-31-37-43-55(4)5/h55-59,64H,7-54H2,1-6H3,(H,69,70)(H,71,72)/t56?,57-,58+,59+/m0/s1. The molecule has 0 aromatic carbocycles. The van der Waals surface area contributed by atoms with Crippen LogP contribution in [0.15, 0.2) is 0 Å². The van der Waals surface area contributed by atoms with E-state index in [1.165, 1.54) is 109 Å². The van der Waals surface area contributed by atoms with Crippen molar-refractivity contribution in [3.05, 3.63) is 0 Å². The van der Waals surface area contributed by atoms with E-state index in [2.05, 4.69) is 41.5 Å². The number of hydrogen-bond donors (Lipinski definition) is 3. The number of phosphoric ester groups is 2. The lowest BCUT2D eigenvalue weighted by Gasteiger charge is -2.21. The van der Waals surface area contributed by atoms with Crippen LogP contribution in [0.3, 0.4) is 0 Å². The van der Waals surface area contributed by atoms with Crippen molar-refractivity contribution in [3.8, 4) is 0 Å². The Balaban J connectivity index is 5.19. The third-order valence-electron chi connectivity index (χ3n) is 14.8. The van der Waals surface area contributed by atoms with Gasteiger partial charge < -0.3 is 33.8 Å². The maximum absolute atomic E-state index is 13.0. The molecule has 486 valence electrons. The van der Waals surface area contributed by atoms with Crippen molar-refractivity contribution >= 4 is 39.5 Å². The first-order valence-corrected chi connectivity index (χ1v) is 36.0. The van der Waals surface area contributed by atoms with E-state index in [9.17, 15) is 43.2 Å². The summed E-state index contributed by atoms with van der Waals surface area (Å²) in [6.07, 6.45) is 37.7. The second-order valence-corrected chi connectivity index (χ2v) is 26.4. The molecule has 0 bridgehead atoms. The Hall–Kier alpha value is -1.94. The minimum absolute atomic E-state index is 0.105. The fourth-order valence-electron chi connectivity index (χ4n) is 9.32. The summed E-state index contributed by atoms with van der Waals surface area (Å²) in [5.74, 6) is -0.624. The number of phosphoric acid groups is 2. The Morgan fingerprint density at radius 2 is 0.622 bits per heavy atom. The average Bonchev–Trinajstić information content (AvgIpc) is 3.44. The van der Waals surface area contributed by atoms with Crippen molar-refractivity contribution in [1.29, 1.82) is 0 Å². The van der Waals surface area contributed by atoms with Gasteiger partial charge in [-0.05, 0) is 37.5 Å². The molecular formula is C63H122O17P2. The number of carbonyl (C=O) groups excluding carboxylic acids is 4. The maximum Gasteiger partial charge on any atom is 0.472 e. The van der Waals surface area contributed by atoms with Gasteiger partial charge in [-0.1, -0.05) is 260 Å². The van der Waals surface area contributed by atoms with E-state index in [-0.39, 0.29) is 25.7 Å². The summed E-state index contributed by atoms with van der Waals surface area (Å²) in [5.41, 5.74) is 0. The number of carbonyl (C=O) groups is 4. The molecule has 0 aliphatic heterocycles. The molecule has 0 aliphatic carbocycles. The molecule has 0 radical (unpaired) electrons. The first-order chi connectivity index (χ1) is 39.4. The second-order valence-electron chi connectivity index (χ2n) is 23.5. The number of aliphatic hydroxyl groups excluding tert-OH is 1. The Kier molecular flexibility index (Phi) is 54.3. The summed E-state index contributed by atoms with van der Waals surface area (Å²) in [6, 6.07) is 0. The van der Waals surface area contributed by atoms with E-state index in [4.69, 9.17) is 37.0 Å². The van der Waals surface area contributed by atoms with Gasteiger partial charge in [0, 0.05) is 25.7 Å². The maximum atomic E-state index is 13.0. The molecule has 0 saturated carbocycles. The third kappa shape index (κ3) is 55.9. The number of esters is 4. The van der Waals surface area contributed by atoms with Gasteiger partial charge >= 0.3 is 39.5 Å². The van der Waals surface area contributed by atoms with E-state index < -0.39 is 97.5 Å². The topological polar surface area (TPSA) is 237 Å². The highest BCUT2D eigenvalue weighted by Gasteiger charge is 2.30. The van der Waals surface area contributed by atoms with Gasteiger partial charge in [0.1, 0.15) is 19.3 Å².